The smallest absolute Gasteiger partial charge is 0.324 e. The van der Waals surface area contributed by atoms with Crippen molar-refractivity contribution in [1.82, 2.24) is 20.4 Å². The van der Waals surface area contributed by atoms with Crippen LogP contribution >= 0.6 is 23.4 Å². The predicted molar refractivity (Wildman–Crippen MR) is 105 cm³/mol. The monoisotopic (exact) mass is 439 g/mol. The Morgan fingerprint density at radius 3 is 3.00 bits per heavy atom. The van der Waals surface area contributed by atoms with Crippen LogP contribution in [0.5, 0.6) is 5.75 Å². The second-order valence-electron chi connectivity index (χ2n) is 5.98. The van der Waals surface area contributed by atoms with Gasteiger partial charge in [0.2, 0.25) is 17.7 Å². The Hall–Kier alpha value is -2.79. The molecule has 1 aromatic carbocycles. The number of nitrogens with one attached hydrogen (secondary N) is 2. The first-order valence-corrected chi connectivity index (χ1v) is 9.98. The van der Waals surface area contributed by atoms with Crippen LogP contribution in [0.4, 0.5) is 10.5 Å². The molecule has 2 aromatic rings. The van der Waals surface area contributed by atoms with E-state index in [1.54, 1.807) is 18.2 Å². The number of carbonyl (C=O) groups excluding carboxylic acids is 3. The van der Waals surface area contributed by atoms with Gasteiger partial charge in [-0.2, -0.15) is 0 Å². The number of urea groups is 1. The molecule has 0 spiro atoms. The summed E-state index contributed by atoms with van der Waals surface area (Å²) in [5.74, 6) is 0.320. The number of nitrogens with zero attached hydrogens (tertiary/aromatic N) is 3. The molecule has 0 atom stereocenters. The third-order valence-corrected chi connectivity index (χ3v) is 5.00. The molecule has 0 bridgehead atoms. The standard InChI is InChI=1S/C17H18ClN5O5S/c1-27-12-3-2-10(18)8-11(12)19-14(25)9-29-17-22-21-15(28-17)5-7-23-6-4-13(24)20-16(23)26/h2-3,8H,4-7,9H2,1H3,(H,19,25)(H,20,24,26). The summed E-state index contributed by atoms with van der Waals surface area (Å²) in [6.07, 6.45) is 0.615. The molecule has 1 aromatic heterocycles. The van der Waals surface area contributed by atoms with Gasteiger partial charge in [0.05, 0.1) is 18.6 Å². The van der Waals surface area contributed by atoms with Crippen LogP contribution in [0.1, 0.15) is 12.3 Å². The maximum Gasteiger partial charge on any atom is 0.324 e. The first-order valence-electron chi connectivity index (χ1n) is 8.62. The van der Waals surface area contributed by atoms with Gasteiger partial charge in [0.1, 0.15) is 5.75 Å². The summed E-state index contributed by atoms with van der Waals surface area (Å²) < 4.78 is 10.7. The summed E-state index contributed by atoms with van der Waals surface area (Å²) in [5, 5.41) is 13.5. The van der Waals surface area contributed by atoms with Gasteiger partial charge in [0.25, 0.3) is 5.22 Å². The van der Waals surface area contributed by atoms with Crippen molar-refractivity contribution in [3.05, 3.63) is 29.1 Å². The number of methoxy groups -OCH3 is 1. The highest BCUT2D eigenvalue weighted by Crippen LogP contribution is 2.28. The van der Waals surface area contributed by atoms with Crippen molar-refractivity contribution in [3.8, 4) is 5.75 Å². The van der Waals surface area contributed by atoms with E-state index in [4.69, 9.17) is 20.8 Å². The molecular formula is C17H18ClN5O5S. The first kappa shape index (κ1) is 20.9. The summed E-state index contributed by atoms with van der Waals surface area (Å²) in [6, 6.07) is 4.49. The number of anilines is 1. The van der Waals surface area contributed by atoms with E-state index in [9.17, 15) is 14.4 Å². The highest BCUT2D eigenvalue weighted by molar-refractivity contribution is 7.99. The largest absolute Gasteiger partial charge is 0.495 e. The van der Waals surface area contributed by atoms with Gasteiger partial charge in [-0.1, -0.05) is 23.4 Å². The summed E-state index contributed by atoms with van der Waals surface area (Å²) in [5.41, 5.74) is 0.468. The fourth-order valence-corrected chi connectivity index (χ4v) is 3.28. The summed E-state index contributed by atoms with van der Waals surface area (Å²) in [4.78, 5) is 36.5. The molecule has 0 saturated carbocycles. The molecule has 1 aliphatic heterocycles. The zero-order valence-electron chi connectivity index (χ0n) is 15.4. The molecule has 0 aliphatic carbocycles. The number of imide groups is 1. The number of thioether (sulfide) groups is 1. The lowest BCUT2D eigenvalue weighted by Crippen LogP contribution is -2.49. The summed E-state index contributed by atoms with van der Waals surface area (Å²) in [6.45, 7) is 0.702. The van der Waals surface area contributed by atoms with Gasteiger partial charge in [-0.3, -0.25) is 14.9 Å². The topological polar surface area (TPSA) is 127 Å². The normalized spacial score (nSPS) is 13.9. The van der Waals surface area contributed by atoms with Crippen LogP contribution in [0.15, 0.2) is 27.8 Å². The number of hydrogen-bond acceptors (Lipinski definition) is 8. The molecule has 2 N–H and O–H groups in total. The number of amides is 4. The molecule has 2 heterocycles. The Bertz CT molecular complexity index is 921. The minimum atomic E-state index is -0.427. The molecule has 10 nitrogen and oxygen atoms in total. The van der Waals surface area contributed by atoms with Gasteiger partial charge in [-0.05, 0) is 18.2 Å². The number of hydrogen-bond donors (Lipinski definition) is 2. The molecular weight excluding hydrogens is 422 g/mol. The molecule has 3 rings (SSSR count). The molecule has 0 radical (unpaired) electrons. The van der Waals surface area contributed by atoms with Gasteiger partial charge < -0.3 is 19.4 Å². The van der Waals surface area contributed by atoms with Crippen LogP contribution in [-0.4, -0.2) is 58.9 Å². The van der Waals surface area contributed by atoms with Gasteiger partial charge in [-0.15, -0.1) is 10.2 Å². The van der Waals surface area contributed by atoms with Crippen LogP contribution in [-0.2, 0) is 16.0 Å². The quantitative estimate of drug-likeness (QED) is 0.597. The fraction of sp³-hybridized carbons (Fsp3) is 0.353. The Labute approximate surface area is 175 Å². The highest BCUT2D eigenvalue weighted by atomic mass is 35.5. The van der Waals surface area contributed by atoms with E-state index in [1.165, 1.54) is 12.0 Å². The molecule has 12 heteroatoms. The number of rotatable bonds is 8. The van der Waals surface area contributed by atoms with Crippen molar-refractivity contribution < 1.29 is 23.5 Å². The number of ether oxygens (including phenoxy) is 1. The second kappa shape index (κ2) is 9.61. The SMILES string of the molecule is COc1ccc(Cl)cc1NC(=O)CSc1nnc(CCN2CCC(=O)NC2=O)o1. The molecule has 154 valence electrons. The minimum absolute atomic E-state index is 0.0495. The van der Waals surface area contributed by atoms with E-state index in [2.05, 4.69) is 20.8 Å². The maximum absolute atomic E-state index is 12.2. The van der Waals surface area contributed by atoms with Crippen LogP contribution in [0.25, 0.3) is 0 Å². The van der Waals surface area contributed by atoms with E-state index < -0.39 is 6.03 Å². The summed E-state index contributed by atoms with van der Waals surface area (Å²) >= 11 is 7.03. The molecule has 1 fully saturated rings. The summed E-state index contributed by atoms with van der Waals surface area (Å²) in [7, 11) is 1.50. The Kier molecular flexibility index (Phi) is 6.94. The van der Waals surface area contributed by atoms with Crippen LogP contribution in [0, 0.1) is 0 Å². The van der Waals surface area contributed by atoms with Gasteiger partial charge in [-0.25, -0.2) is 4.79 Å². The average Bonchev–Trinajstić information content (AvgIpc) is 3.14. The van der Waals surface area contributed by atoms with Crippen molar-refractivity contribution in [1.29, 1.82) is 0 Å². The molecule has 4 amide bonds. The van der Waals surface area contributed by atoms with E-state index in [0.717, 1.165) is 11.8 Å². The molecule has 29 heavy (non-hydrogen) atoms. The minimum Gasteiger partial charge on any atom is -0.495 e. The lowest BCUT2D eigenvalue weighted by atomic mass is 10.3. The number of benzene rings is 1. The van der Waals surface area contributed by atoms with E-state index in [-0.39, 0.29) is 29.2 Å². The van der Waals surface area contributed by atoms with Crippen molar-refractivity contribution in [2.75, 3.05) is 31.3 Å². The van der Waals surface area contributed by atoms with Gasteiger partial charge >= 0.3 is 6.03 Å². The fourth-order valence-electron chi connectivity index (χ4n) is 2.53. The predicted octanol–water partition coefficient (Wildman–Crippen LogP) is 1.95. The van der Waals surface area contributed by atoms with Crippen molar-refractivity contribution >= 4 is 46.9 Å². The first-order chi connectivity index (χ1) is 13.9. The molecule has 1 saturated heterocycles. The Morgan fingerprint density at radius 1 is 1.41 bits per heavy atom. The van der Waals surface area contributed by atoms with Crippen molar-refractivity contribution in [2.24, 2.45) is 0 Å². The van der Waals surface area contributed by atoms with E-state index >= 15 is 0 Å². The van der Waals surface area contributed by atoms with Crippen LogP contribution in [0.3, 0.4) is 0 Å². The lowest BCUT2D eigenvalue weighted by molar-refractivity contribution is -0.121. The number of carbonyl (C=O) groups is 3. The van der Waals surface area contributed by atoms with Crippen molar-refractivity contribution in [3.63, 3.8) is 0 Å². The zero-order chi connectivity index (χ0) is 20.8. The van der Waals surface area contributed by atoms with Crippen LogP contribution in [0.2, 0.25) is 5.02 Å². The van der Waals surface area contributed by atoms with Crippen molar-refractivity contribution in [2.45, 2.75) is 18.1 Å². The van der Waals surface area contributed by atoms with Gasteiger partial charge in [0.15, 0.2) is 0 Å². The third-order valence-electron chi connectivity index (χ3n) is 3.95. The lowest BCUT2D eigenvalue weighted by Gasteiger charge is -2.25. The Balaban J connectivity index is 1.46. The molecule has 0 unspecified atom stereocenters. The second-order valence-corrected chi connectivity index (χ2v) is 7.35. The van der Waals surface area contributed by atoms with Crippen LogP contribution < -0.4 is 15.4 Å². The zero-order valence-corrected chi connectivity index (χ0v) is 17.0. The maximum atomic E-state index is 12.2. The van der Waals surface area contributed by atoms with Gasteiger partial charge in [0, 0.05) is 31.0 Å². The third kappa shape index (κ3) is 5.84. The van der Waals surface area contributed by atoms with E-state index in [1.807, 2.05) is 0 Å². The number of aromatic nitrogens is 2. The average molecular weight is 440 g/mol. The number of halogens is 1. The Morgan fingerprint density at radius 2 is 2.24 bits per heavy atom. The highest BCUT2D eigenvalue weighted by Gasteiger charge is 2.23. The van der Waals surface area contributed by atoms with E-state index in [0.29, 0.717) is 41.9 Å². The molecule has 1 aliphatic rings.